The zero-order valence-electron chi connectivity index (χ0n) is 9.69. The number of nitrogens with one attached hydrogen (secondary N) is 1. The van der Waals surface area contributed by atoms with Crippen LogP contribution >= 0.6 is 0 Å². The molecule has 0 spiro atoms. The van der Waals surface area contributed by atoms with E-state index in [-0.39, 0.29) is 17.4 Å². The Morgan fingerprint density at radius 1 is 1.47 bits per heavy atom. The van der Waals surface area contributed by atoms with Gasteiger partial charge >= 0.3 is 0 Å². The van der Waals surface area contributed by atoms with Crippen molar-refractivity contribution in [1.82, 2.24) is 5.32 Å². The van der Waals surface area contributed by atoms with Crippen molar-refractivity contribution in [3.05, 3.63) is 0 Å². The summed E-state index contributed by atoms with van der Waals surface area (Å²) in [4.78, 5) is 0. The highest BCUT2D eigenvalue weighted by Gasteiger charge is 2.34. The summed E-state index contributed by atoms with van der Waals surface area (Å²) in [6.45, 7) is 2.69. The van der Waals surface area contributed by atoms with Gasteiger partial charge in [0.2, 0.25) is 0 Å². The maximum absolute atomic E-state index is 11.5. The third-order valence-corrected chi connectivity index (χ3v) is 4.74. The largest absolute Gasteiger partial charge is 0.380 e. The van der Waals surface area contributed by atoms with Gasteiger partial charge in [-0.1, -0.05) is 6.42 Å². The Balaban J connectivity index is 2.47. The lowest BCUT2D eigenvalue weighted by molar-refractivity contribution is 0.114. The van der Waals surface area contributed by atoms with Gasteiger partial charge in [0.1, 0.15) is 0 Å². The normalized spacial score (nSPS) is 29.3. The van der Waals surface area contributed by atoms with E-state index in [1.807, 2.05) is 6.92 Å². The molecule has 3 atom stereocenters. The van der Waals surface area contributed by atoms with Gasteiger partial charge in [0.05, 0.1) is 11.4 Å². The lowest BCUT2D eigenvalue weighted by atomic mass is 10.2. The second-order valence-corrected chi connectivity index (χ2v) is 6.62. The first-order valence-corrected chi connectivity index (χ1v) is 7.35. The molecule has 0 aromatic heterocycles. The molecule has 0 aromatic rings. The monoisotopic (exact) mass is 235 g/mol. The molecule has 1 aliphatic carbocycles. The van der Waals surface area contributed by atoms with E-state index in [2.05, 4.69) is 5.32 Å². The number of ether oxygens (including phenoxy) is 1. The highest BCUT2D eigenvalue weighted by atomic mass is 32.2. The smallest absolute Gasteiger partial charge is 0.151 e. The van der Waals surface area contributed by atoms with Gasteiger partial charge < -0.3 is 10.1 Å². The van der Waals surface area contributed by atoms with E-state index in [0.717, 1.165) is 19.3 Å². The average Bonchev–Trinajstić information content (AvgIpc) is 2.61. The number of hydrogen-bond donors (Lipinski definition) is 1. The van der Waals surface area contributed by atoms with Crippen molar-refractivity contribution in [2.24, 2.45) is 0 Å². The van der Waals surface area contributed by atoms with Crippen LogP contribution < -0.4 is 5.32 Å². The van der Waals surface area contributed by atoms with Gasteiger partial charge in [-0.25, -0.2) is 8.42 Å². The van der Waals surface area contributed by atoms with Crippen molar-refractivity contribution >= 4 is 9.84 Å². The Hall–Kier alpha value is -0.130. The zero-order chi connectivity index (χ0) is 11.5. The van der Waals surface area contributed by atoms with Crippen molar-refractivity contribution in [3.63, 3.8) is 0 Å². The molecule has 90 valence electrons. The zero-order valence-corrected chi connectivity index (χ0v) is 10.5. The van der Waals surface area contributed by atoms with E-state index in [0.29, 0.717) is 6.54 Å². The third-order valence-electron chi connectivity index (χ3n) is 3.07. The Morgan fingerprint density at radius 3 is 2.67 bits per heavy atom. The molecule has 15 heavy (non-hydrogen) atoms. The summed E-state index contributed by atoms with van der Waals surface area (Å²) in [5.74, 6) is 0. The van der Waals surface area contributed by atoms with Gasteiger partial charge in [-0.3, -0.25) is 0 Å². The van der Waals surface area contributed by atoms with Gasteiger partial charge in [-0.2, -0.15) is 0 Å². The summed E-state index contributed by atoms with van der Waals surface area (Å²) in [7, 11) is -1.25. The molecule has 0 bridgehead atoms. The lowest BCUT2D eigenvalue weighted by Gasteiger charge is -2.21. The molecule has 1 rings (SSSR count). The number of rotatable bonds is 5. The molecule has 0 aromatic carbocycles. The van der Waals surface area contributed by atoms with Gasteiger partial charge in [-0.15, -0.1) is 0 Å². The standard InChI is InChI=1S/C10H21NO3S/c1-8(14-2)7-11-9-5-4-6-10(9)15(3,12)13/h8-11H,4-7H2,1-3H3. The van der Waals surface area contributed by atoms with E-state index in [1.54, 1.807) is 7.11 Å². The highest BCUT2D eigenvalue weighted by molar-refractivity contribution is 7.91. The molecule has 1 aliphatic rings. The van der Waals surface area contributed by atoms with Crippen LogP contribution in [0, 0.1) is 0 Å². The first-order valence-electron chi connectivity index (χ1n) is 5.40. The van der Waals surface area contributed by atoms with Crippen molar-refractivity contribution in [3.8, 4) is 0 Å². The van der Waals surface area contributed by atoms with Crippen molar-refractivity contribution in [2.75, 3.05) is 19.9 Å². The molecule has 0 amide bonds. The fourth-order valence-electron chi connectivity index (χ4n) is 2.07. The summed E-state index contributed by atoms with van der Waals surface area (Å²) in [6.07, 6.45) is 4.20. The summed E-state index contributed by atoms with van der Waals surface area (Å²) < 4.78 is 28.1. The maximum atomic E-state index is 11.5. The molecule has 5 heteroatoms. The number of sulfone groups is 1. The molecule has 4 nitrogen and oxygen atoms in total. The topological polar surface area (TPSA) is 55.4 Å². The minimum atomic E-state index is -2.91. The Morgan fingerprint density at radius 2 is 2.13 bits per heavy atom. The molecular formula is C10H21NO3S. The van der Waals surface area contributed by atoms with Crippen LogP contribution in [0.2, 0.25) is 0 Å². The van der Waals surface area contributed by atoms with E-state index >= 15 is 0 Å². The number of methoxy groups -OCH3 is 1. The van der Waals surface area contributed by atoms with Crippen molar-refractivity contribution < 1.29 is 13.2 Å². The van der Waals surface area contributed by atoms with E-state index in [9.17, 15) is 8.42 Å². The second-order valence-electron chi connectivity index (χ2n) is 4.36. The predicted octanol–water partition coefficient (Wildman–Crippen LogP) is 0.577. The maximum Gasteiger partial charge on any atom is 0.151 e. The molecule has 0 radical (unpaired) electrons. The summed E-state index contributed by atoms with van der Waals surface area (Å²) >= 11 is 0. The third kappa shape index (κ3) is 3.74. The fourth-order valence-corrected chi connectivity index (χ4v) is 3.50. The Kier molecular flexibility index (Phi) is 4.55. The highest BCUT2D eigenvalue weighted by Crippen LogP contribution is 2.24. The average molecular weight is 235 g/mol. The molecule has 1 fully saturated rings. The van der Waals surface area contributed by atoms with E-state index in [1.165, 1.54) is 6.26 Å². The second kappa shape index (κ2) is 5.27. The molecule has 0 aliphatic heterocycles. The van der Waals surface area contributed by atoms with Crippen LogP contribution in [0.1, 0.15) is 26.2 Å². The van der Waals surface area contributed by atoms with Crippen LogP contribution in [-0.2, 0) is 14.6 Å². The first kappa shape index (κ1) is 12.9. The van der Waals surface area contributed by atoms with Crippen LogP contribution in [0.3, 0.4) is 0 Å². The SMILES string of the molecule is COC(C)CNC1CCCC1S(C)(=O)=O. The molecule has 1 N–H and O–H groups in total. The predicted molar refractivity (Wildman–Crippen MR) is 60.7 cm³/mol. The fraction of sp³-hybridized carbons (Fsp3) is 1.00. The van der Waals surface area contributed by atoms with E-state index < -0.39 is 9.84 Å². The number of hydrogen-bond acceptors (Lipinski definition) is 4. The Labute approximate surface area is 92.3 Å². The minimum absolute atomic E-state index is 0.109. The van der Waals surface area contributed by atoms with Crippen LogP contribution in [-0.4, -0.2) is 45.7 Å². The quantitative estimate of drug-likeness (QED) is 0.757. The van der Waals surface area contributed by atoms with E-state index in [4.69, 9.17) is 4.74 Å². The van der Waals surface area contributed by atoms with Crippen molar-refractivity contribution in [1.29, 1.82) is 0 Å². The van der Waals surface area contributed by atoms with Crippen molar-refractivity contribution in [2.45, 2.75) is 43.6 Å². The van der Waals surface area contributed by atoms with Gasteiger partial charge in [0.15, 0.2) is 9.84 Å². The molecule has 0 heterocycles. The van der Waals surface area contributed by atoms with Crippen LogP contribution in [0.5, 0.6) is 0 Å². The molecule has 3 unspecified atom stereocenters. The summed E-state index contributed by atoms with van der Waals surface area (Å²) in [5, 5.41) is 3.08. The molecule has 1 saturated carbocycles. The first-order chi connectivity index (χ1) is 6.95. The Bertz CT molecular complexity index is 289. The van der Waals surface area contributed by atoms with Gasteiger partial charge in [-0.05, 0) is 19.8 Å². The minimum Gasteiger partial charge on any atom is -0.380 e. The lowest BCUT2D eigenvalue weighted by Crippen LogP contribution is -2.42. The van der Waals surface area contributed by atoms with Gasteiger partial charge in [0.25, 0.3) is 0 Å². The van der Waals surface area contributed by atoms with Crippen LogP contribution in [0.4, 0.5) is 0 Å². The summed E-state index contributed by atoms with van der Waals surface area (Å²) in [5.41, 5.74) is 0. The molecule has 0 saturated heterocycles. The van der Waals surface area contributed by atoms with Crippen LogP contribution in [0.15, 0.2) is 0 Å². The van der Waals surface area contributed by atoms with Crippen LogP contribution in [0.25, 0.3) is 0 Å². The van der Waals surface area contributed by atoms with Gasteiger partial charge in [0, 0.05) is 26.0 Å². The summed E-state index contributed by atoms with van der Waals surface area (Å²) in [6, 6.07) is 0.109. The molecular weight excluding hydrogens is 214 g/mol.